The number of carbonyl (C=O) groups is 2. The molecular weight excluding hydrogens is 196 g/mol. The predicted octanol–water partition coefficient (Wildman–Crippen LogP) is -0.109. The molecule has 0 amide bonds. The van der Waals surface area contributed by atoms with Gasteiger partial charge in [-0.25, -0.2) is 9.59 Å². The van der Waals surface area contributed by atoms with Gasteiger partial charge < -0.3 is 19.1 Å². The van der Waals surface area contributed by atoms with Crippen LogP contribution < -0.4 is 0 Å². The maximum Gasteiger partial charge on any atom is 0.332 e. The zero-order valence-electron chi connectivity index (χ0n) is 7.44. The quantitative estimate of drug-likeness (QED) is 0.592. The fourth-order valence-corrected chi connectivity index (χ4v) is 1.54. The molecule has 0 aromatic carbocycles. The molecule has 0 saturated carbocycles. The molecule has 6 nitrogen and oxygen atoms in total. The van der Waals surface area contributed by atoms with Crippen molar-refractivity contribution in [3.8, 4) is 0 Å². The van der Waals surface area contributed by atoms with Crippen LogP contribution in [0.5, 0.6) is 0 Å². The monoisotopic (exact) mass is 208 g/mol. The summed E-state index contributed by atoms with van der Waals surface area (Å²) in [7, 11) is -2.59. The third-order valence-corrected chi connectivity index (χ3v) is 2.77. The van der Waals surface area contributed by atoms with Crippen molar-refractivity contribution in [1.82, 2.24) is 0 Å². The highest BCUT2D eigenvalue weighted by Gasteiger charge is 2.26. The van der Waals surface area contributed by atoms with E-state index in [2.05, 4.69) is 0 Å². The van der Waals surface area contributed by atoms with E-state index in [0.29, 0.717) is 0 Å². The van der Waals surface area contributed by atoms with Crippen LogP contribution in [0.25, 0.3) is 0 Å². The van der Waals surface area contributed by atoms with Crippen molar-refractivity contribution < 1.29 is 28.7 Å². The molecule has 0 atom stereocenters. The molecule has 0 aromatic rings. The van der Waals surface area contributed by atoms with Crippen LogP contribution >= 0.6 is 0 Å². The molecule has 76 valence electrons. The zero-order chi connectivity index (χ0) is 10.5. The summed E-state index contributed by atoms with van der Waals surface area (Å²) in [4.78, 5) is 20.2. The molecule has 2 N–H and O–H groups in total. The van der Waals surface area contributed by atoms with Gasteiger partial charge >= 0.3 is 20.5 Å². The Bertz CT molecular complexity index is 181. The van der Waals surface area contributed by atoms with E-state index in [4.69, 9.17) is 19.1 Å². The first-order valence-electron chi connectivity index (χ1n) is 3.55. The summed E-state index contributed by atoms with van der Waals surface area (Å²) in [6, 6.07) is 0. The number of hydrogen-bond acceptors (Lipinski definition) is 4. The fraction of sp³-hybridized carbons (Fsp3) is 0.667. The van der Waals surface area contributed by atoms with Crippen LogP contribution in [-0.2, 0) is 18.4 Å². The minimum atomic E-state index is -2.59. The second-order valence-corrected chi connectivity index (χ2v) is 6.14. The van der Waals surface area contributed by atoms with Crippen molar-refractivity contribution in [3.05, 3.63) is 0 Å². The third-order valence-electron chi connectivity index (χ3n) is 1.09. The molecule has 0 bridgehead atoms. The number of hydrogen-bond donors (Lipinski definition) is 2. The minimum absolute atomic E-state index is 0.459. The van der Waals surface area contributed by atoms with Gasteiger partial charge in [0.2, 0.25) is 0 Å². The molecule has 7 heteroatoms. The molecule has 0 radical (unpaired) electrons. The largest absolute Gasteiger partial charge is 0.480 e. The van der Waals surface area contributed by atoms with E-state index >= 15 is 0 Å². The summed E-state index contributed by atoms with van der Waals surface area (Å²) in [6.45, 7) is 2.25. The molecule has 13 heavy (non-hydrogen) atoms. The van der Waals surface area contributed by atoms with Gasteiger partial charge in [0.15, 0.2) is 0 Å². The SMILES string of the molecule is C[Si](C)(OCC(=O)O)OCC(=O)O. The van der Waals surface area contributed by atoms with Gasteiger partial charge in [-0.2, -0.15) is 0 Å². The fourth-order valence-electron chi connectivity index (χ4n) is 0.513. The Morgan fingerprint density at radius 3 is 1.62 bits per heavy atom. The van der Waals surface area contributed by atoms with Crippen molar-refractivity contribution >= 4 is 20.5 Å². The predicted molar refractivity (Wildman–Crippen MR) is 44.7 cm³/mol. The molecule has 0 aromatic heterocycles. The lowest BCUT2D eigenvalue weighted by Crippen LogP contribution is -2.38. The van der Waals surface area contributed by atoms with Crippen molar-refractivity contribution in [1.29, 1.82) is 0 Å². The first-order chi connectivity index (χ1) is 5.83. The first kappa shape index (κ1) is 12.1. The van der Waals surface area contributed by atoms with Gasteiger partial charge in [-0.1, -0.05) is 0 Å². The Kier molecular flexibility index (Phi) is 4.60. The maximum atomic E-state index is 10.1. The molecule has 0 aliphatic rings. The van der Waals surface area contributed by atoms with E-state index in [-0.39, 0.29) is 0 Å². The van der Waals surface area contributed by atoms with E-state index in [1.807, 2.05) is 0 Å². The molecule has 0 rings (SSSR count). The lowest BCUT2D eigenvalue weighted by Gasteiger charge is -2.20. The molecule has 0 aliphatic carbocycles. The Balaban J connectivity index is 3.79. The van der Waals surface area contributed by atoms with E-state index in [9.17, 15) is 9.59 Å². The summed E-state index contributed by atoms with van der Waals surface area (Å²) < 4.78 is 9.79. The van der Waals surface area contributed by atoms with Gasteiger partial charge in [0.1, 0.15) is 13.2 Å². The summed E-state index contributed by atoms with van der Waals surface area (Å²) >= 11 is 0. The Hall–Kier alpha value is -0.923. The van der Waals surface area contributed by atoms with Crippen LogP contribution in [0.15, 0.2) is 0 Å². The Morgan fingerprint density at radius 1 is 1.08 bits per heavy atom. The van der Waals surface area contributed by atoms with Crippen molar-refractivity contribution in [2.45, 2.75) is 13.1 Å². The van der Waals surface area contributed by atoms with Gasteiger partial charge in [0.25, 0.3) is 0 Å². The highest BCUT2D eigenvalue weighted by Crippen LogP contribution is 2.05. The zero-order valence-corrected chi connectivity index (χ0v) is 8.44. The van der Waals surface area contributed by atoms with Crippen LogP contribution in [0.2, 0.25) is 13.1 Å². The maximum absolute atomic E-state index is 10.1. The van der Waals surface area contributed by atoms with Crippen LogP contribution in [0.4, 0.5) is 0 Å². The smallest absolute Gasteiger partial charge is 0.332 e. The summed E-state index contributed by atoms with van der Waals surface area (Å²) in [5.41, 5.74) is 0. The third kappa shape index (κ3) is 7.44. The molecule has 0 fully saturated rings. The van der Waals surface area contributed by atoms with Crippen molar-refractivity contribution in [2.24, 2.45) is 0 Å². The number of aliphatic carboxylic acids is 2. The van der Waals surface area contributed by atoms with E-state index in [1.54, 1.807) is 13.1 Å². The van der Waals surface area contributed by atoms with Gasteiger partial charge in [-0.05, 0) is 13.1 Å². The lowest BCUT2D eigenvalue weighted by atomic mass is 10.8. The van der Waals surface area contributed by atoms with Crippen LogP contribution in [-0.4, -0.2) is 43.9 Å². The second kappa shape index (κ2) is 4.95. The first-order valence-corrected chi connectivity index (χ1v) is 6.36. The van der Waals surface area contributed by atoms with E-state index < -0.39 is 33.7 Å². The molecule has 0 aliphatic heterocycles. The molecule has 0 spiro atoms. The molecule has 0 heterocycles. The molecule has 0 saturated heterocycles. The van der Waals surface area contributed by atoms with Crippen LogP contribution in [0, 0.1) is 0 Å². The van der Waals surface area contributed by atoms with Crippen LogP contribution in [0.1, 0.15) is 0 Å². The summed E-state index contributed by atoms with van der Waals surface area (Å²) in [5.74, 6) is -2.20. The number of carboxylic acid groups (broad SMARTS) is 2. The summed E-state index contributed by atoms with van der Waals surface area (Å²) in [6.07, 6.45) is 0. The Labute approximate surface area is 76.3 Å². The van der Waals surface area contributed by atoms with Gasteiger partial charge in [-0.15, -0.1) is 0 Å². The van der Waals surface area contributed by atoms with E-state index in [0.717, 1.165) is 0 Å². The average Bonchev–Trinajstić information content (AvgIpc) is 1.98. The van der Waals surface area contributed by atoms with Crippen molar-refractivity contribution in [3.63, 3.8) is 0 Å². The minimum Gasteiger partial charge on any atom is -0.480 e. The van der Waals surface area contributed by atoms with E-state index in [1.165, 1.54) is 0 Å². The highest BCUT2D eigenvalue weighted by atomic mass is 28.4. The number of carboxylic acids is 2. The standard InChI is InChI=1S/C6H12O6Si/c1-13(2,11-3-5(7)8)12-4-6(9)10/h3-4H2,1-2H3,(H,7,8)(H,9,10). The van der Waals surface area contributed by atoms with Crippen LogP contribution in [0.3, 0.4) is 0 Å². The highest BCUT2D eigenvalue weighted by molar-refractivity contribution is 6.64. The molecule has 0 unspecified atom stereocenters. The average molecular weight is 208 g/mol. The second-order valence-electron chi connectivity index (χ2n) is 2.76. The van der Waals surface area contributed by atoms with Gasteiger partial charge in [0.05, 0.1) is 0 Å². The summed E-state index contributed by atoms with van der Waals surface area (Å²) in [5, 5.41) is 16.6. The number of rotatable bonds is 6. The molecular formula is C6H12O6Si. The topological polar surface area (TPSA) is 93.1 Å². The van der Waals surface area contributed by atoms with Gasteiger partial charge in [0, 0.05) is 0 Å². The van der Waals surface area contributed by atoms with Crippen molar-refractivity contribution in [2.75, 3.05) is 13.2 Å². The lowest BCUT2D eigenvalue weighted by molar-refractivity contribution is -0.140. The Morgan fingerprint density at radius 2 is 1.38 bits per heavy atom. The van der Waals surface area contributed by atoms with Gasteiger partial charge in [-0.3, -0.25) is 0 Å². The normalized spacial score (nSPS) is 11.2.